The summed E-state index contributed by atoms with van der Waals surface area (Å²) in [5, 5.41) is 9.78. The summed E-state index contributed by atoms with van der Waals surface area (Å²) in [5.74, 6) is 0. The van der Waals surface area contributed by atoms with Crippen molar-refractivity contribution in [1.82, 2.24) is 4.90 Å². The van der Waals surface area contributed by atoms with Gasteiger partial charge in [-0.15, -0.1) is 0 Å². The molecule has 150 valence electrons. The second-order valence-electron chi connectivity index (χ2n) is 9.98. The minimum Gasteiger partial charge on any atom is -0.444 e. The highest BCUT2D eigenvalue weighted by molar-refractivity contribution is 5.68. The van der Waals surface area contributed by atoms with Gasteiger partial charge in [0, 0.05) is 19.7 Å². The topological polar surface area (TPSA) is 49.8 Å². The zero-order chi connectivity index (χ0) is 19.7. The summed E-state index contributed by atoms with van der Waals surface area (Å²) < 4.78 is 5.73. The summed E-state index contributed by atoms with van der Waals surface area (Å²) in [6.07, 6.45) is 6.31. The van der Waals surface area contributed by atoms with E-state index >= 15 is 0 Å². The molecule has 4 rings (SSSR count). The highest BCUT2D eigenvalue weighted by Crippen LogP contribution is 2.56. The molecule has 0 aromatic heterocycles. The van der Waals surface area contributed by atoms with Crippen LogP contribution in [0.1, 0.15) is 70.4 Å². The van der Waals surface area contributed by atoms with Crippen molar-refractivity contribution >= 4 is 6.09 Å². The minimum atomic E-state index is -0.495. The Morgan fingerprint density at radius 3 is 2.22 bits per heavy atom. The number of aliphatic hydroxyl groups excluding tert-OH is 1. The zero-order valence-corrected chi connectivity index (χ0v) is 17.4. The van der Waals surface area contributed by atoms with Crippen molar-refractivity contribution in [3.05, 3.63) is 35.4 Å². The number of ether oxygens (including phenoxy) is 1. The number of nitrogens with zero attached hydrogens (tertiary/aromatic N) is 1. The van der Waals surface area contributed by atoms with Gasteiger partial charge in [0.2, 0.25) is 0 Å². The van der Waals surface area contributed by atoms with Gasteiger partial charge in [0.15, 0.2) is 0 Å². The molecule has 3 aliphatic rings. The number of aliphatic hydroxyl groups is 1. The molecule has 3 saturated carbocycles. The number of hydrogen-bond acceptors (Lipinski definition) is 3. The van der Waals surface area contributed by atoms with Crippen LogP contribution in [0.5, 0.6) is 0 Å². The summed E-state index contributed by atoms with van der Waals surface area (Å²) in [5.41, 5.74) is 2.18. The number of rotatable bonds is 5. The molecule has 4 heteroatoms. The van der Waals surface area contributed by atoms with Crippen molar-refractivity contribution in [2.75, 3.05) is 13.2 Å². The molecule has 1 aromatic rings. The van der Waals surface area contributed by atoms with E-state index in [1.165, 1.54) is 5.56 Å². The molecule has 1 amide bonds. The number of benzene rings is 1. The van der Waals surface area contributed by atoms with Crippen molar-refractivity contribution in [2.24, 2.45) is 10.8 Å². The molecule has 3 aliphatic carbocycles. The summed E-state index contributed by atoms with van der Waals surface area (Å²) in [6.45, 7) is 9.49. The largest absolute Gasteiger partial charge is 0.444 e. The van der Waals surface area contributed by atoms with Crippen LogP contribution in [0.4, 0.5) is 4.79 Å². The lowest BCUT2D eigenvalue weighted by Crippen LogP contribution is -2.50. The third-order valence-corrected chi connectivity index (χ3v) is 6.53. The Labute approximate surface area is 163 Å². The molecule has 2 bridgehead atoms. The van der Waals surface area contributed by atoms with Gasteiger partial charge in [-0.3, -0.25) is 0 Å². The molecule has 1 N–H and O–H groups in total. The van der Waals surface area contributed by atoms with Crippen molar-refractivity contribution in [3.63, 3.8) is 0 Å². The molecule has 0 radical (unpaired) electrons. The Hall–Kier alpha value is -1.55. The van der Waals surface area contributed by atoms with Crippen molar-refractivity contribution in [2.45, 2.75) is 78.4 Å². The van der Waals surface area contributed by atoms with Gasteiger partial charge in [0.1, 0.15) is 5.60 Å². The van der Waals surface area contributed by atoms with E-state index in [2.05, 4.69) is 25.1 Å². The molecule has 0 heterocycles. The minimum absolute atomic E-state index is 0.148. The maximum atomic E-state index is 13.0. The fourth-order valence-corrected chi connectivity index (χ4v) is 4.76. The smallest absolute Gasteiger partial charge is 0.410 e. The van der Waals surface area contributed by atoms with Crippen LogP contribution in [0, 0.1) is 17.8 Å². The van der Waals surface area contributed by atoms with E-state index in [0.29, 0.717) is 13.2 Å². The fourth-order valence-electron chi connectivity index (χ4n) is 4.76. The summed E-state index contributed by atoms with van der Waals surface area (Å²) in [6, 6.07) is 8.36. The van der Waals surface area contributed by atoms with Gasteiger partial charge in [-0.05, 0) is 82.6 Å². The maximum absolute atomic E-state index is 13.0. The molecule has 0 unspecified atom stereocenters. The lowest BCUT2D eigenvalue weighted by Gasteiger charge is -2.54. The van der Waals surface area contributed by atoms with Crippen LogP contribution in [0.2, 0.25) is 0 Å². The van der Waals surface area contributed by atoms with Gasteiger partial charge < -0.3 is 14.7 Å². The number of aryl methyl sites for hydroxylation is 1. The standard InChI is InChI=1S/C23H35NO3/c1-18-6-5-7-19(14-18)15-24(20(26)27-21(2,3)4)16-22-8-11-23(17-25,12-9-22)13-10-22/h5-7,14,25H,8-13,15-17H2,1-4H3. The molecule has 1 aromatic carbocycles. The maximum Gasteiger partial charge on any atom is 0.410 e. The monoisotopic (exact) mass is 373 g/mol. The van der Waals surface area contributed by atoms with E-state index in [4.69, 9.17) is 4.74 Å². The fraction of sp³-hybridized carbons (Fsp3) is 0.696. The van der Waals surface area contributed by atoms with Crippen LogP contribution in [-0.2, 0) is 11.3 Å². The first-order chi connectivity index (χ1) is 12.6. The Kier molecular flexibility index (Phi) is 5.58. The third-order valence-electron chi connectivity index (χ3n) is 6.53. The molecular formula is C23H35NO3. The highest BCUT2D eigenvalue weighted by Gasteiger charge is 2.49. The van der Waals surface area contributed by atoms with Gasteiger partial charge in [0.05, 0.1) is 0 Å². The van der Waals surface area contributed by atoms with Gasteiger partial charge in [0.25, 0.3) is 0 Å². The predicted octanol–water partition coefficient (Wildman–Crippen LogP) is 5.07. The number of fused-ring (bicyclic) bond motifs is 3. The molecule has 0 saturated heterocycles. The van der Waals surface area contributed by atoms with Crippen LogP contribution in [-0.4, -0.2) is 34.9 Å². The zero-order valence-electron chi connectivity index (χ0n) is 17.4. The first-order valence-electron chi connectivity index (χ1n) is 10.3. The van der Waals surface area contributed by atoms with E-state index in [1.807, 2.05) is 31.7 Å². The van der Waals surface area contributed by atoms with Crippen LogP contribution in [0.3, 0.4) is 0 Å². The lowest BCUT2D eigenvalue weighted by molar-refractivity contribution is -0.0602. The second kappa shape index (κ2) is 7.46. The van der Waals surface area contributed by atoms with Gasteiger partial charge in [-0.1, -0.05) is 29.8 Å². The molecule has 0 aliphatic heterocycles. The Morgan fingerprint density at radius 2 is 1.70 bits per heavy atom. The number of amides is 1. The van der Waals surface area contributed by atoms with Gasteiger partial charge >= 0.3 is 6.09 Å². The van der Waals surface area contributed by atoms with Crippen LogP contribution >= 0.6 is 0 Å². The average Bonchev–Trinajstić information content (AvgIpc) is 2.61. The van der Waals surface area contributed by atoms with Crippen molar-refractivity contribution < 1.29 is 14.6 Å². The average molecular weight is 374 g/mol. The Bertz CT molecular complexity index is 652. The first kappa shape index (κ1) is 20.2. The summed E-state index contributed by atoms with van der Waals surface area (Å²) >= 11 is 0. The van der Waals surface area contributed by atoms with Crippen LogP contribution < -0.4 is 0 Å². The normalized spacial score (nSPS) is 27.4. The first-order valence-corrected chi connectivity index (χ1v) is 10.3. The molecule has 3 fully saturated rings. The predicted molar refractivity (Wildman–Crippen MR) is 107 cm³/mol. The molecule has 0 spiro atoms. The van der Waals surface area contributed by atoms with Gasteiger partial charge in [-0.2, -0.15) is 0 Å². The van der Waals surface area contributed by atoms with Crippen molar-refractivity contribution in [1.29, 1.82) is 0 Å². The molecule has 4 nitrogen and oxygen atoms in total. The van der Waals surface area contributed by atoms with Gasteiger partial charge in [-0.25, -0.2) is 4.79 Å². The number of carbonyl (C=O) groups is 1. The lowest BCUT2D eigenvalue weighted by atomic mass is 9.54. The molecule has 0 atom stereocenters. The van der Waals surface area contributed by atoms with Crippen molar-refractivity contribution in [3.8, 4) is 0 Å². The Morgan fingerprint density at radius 1 is 1.11 bits per heavy atom. The number of carbonyl (C=O) groups excluding carboxylic acids is 1. The van der Waals surface area contributed by atoms with E-state index in [0.717, 1.165) is 50.6 Å². The Balaban J connectivity index is 1.76. The molecule has 27 heavy (non-hydrogen) atoms. The number of hydrogen-bond donors (Lipinski definition) is 1. The second-order valence-corrected chi connectivity index (χ2v) is 9.98. The summed E-state index contributed by atoms with van der Waals surface area (Å²) in [7, 11) is 0. The van der Waals surface area contributed by atoms with E-state index in [-0.39, 0.29) is 16.9 Å². The third kappa shape index (κ3) is 4.84. The van der Waals surface area contributed by atoms with E-state index < -0.39 is 5.60 Å². The summed E-state index contributed by atoms with van der Waals surface area (Å²) in [4.78, 5) is 14.9. The van der Waals surface area contributed by atoms with E-state index in [9.17, 15) is 9.90 Å². The highest BCUT2D eigenvalue weighted by atomic mass is 16.6. The SMILES string of the molecule is Cc1cccc(CN(CC23CCC(CO)(CC2)CC3)C(=O)OC(C)(C)C)c1. The van der Waals surface area contributed by atoms with Crippen LogP contribution in [0.25, 0.3) is 0 Å². The van der Waals surface area contributed by atoms with E-state index in [1.54, 1.807) is 0 Å². The van der Waals surface area contributed by atoms with Crippen LogP contribution in [0.15, 0.2) is 24.3 Å². The quantitative estimate of drug-likeness (QED) is 0.784. The molecular weight excluding hydrogens is 338 g/mol.